The molecule has 0 heterocycles. The molecule has 1 N–H and O–H groups in total. The van der Waals surface area contributed by atoms with E-state index in [0.29, 0.717) is 18.8 Å². The Hall–Kier alpha value is -2.41. The molecule has 4 nitrogen and oxygen atoms in total. The van der Waals surface area contributed by atoms with Crippen LogP contribution in [0.25, 0.3) is 0 Å². The van der Waals surface area contributed by atoms with E-state index >= 15 is 0 Å². The number of amides is 1. The average molecular weight is 380 g/mol. The maximum atomic E-state index is 13.0. The number of carbonyl (C=O) groups is 3. The quantitative estimate of drug-likeness (QED) is 0.646. The Bertz CT molecular complexity index is 833. The van der Waals surface area contributed by atoms with Crippen LogP contribution < -0.4 is 5.32 Å². The Balaban J connectivity index is 1.78. The predicted molar refractivity (Wildman–Crippen MR) is 109 cm³/mol. The van der Waals surface area contributed by atoms with Crippen molar-refractivity contribution in [3.63, 3.8) is 0 Å². The first-order chi connectivity index (χ1) is 13.3. The van der Waals surface area contributed by atoms with Gasteiger partial charge in [-0.25, -0.2) is 0 Å². The molecule has 2 fully saturated rings. The minimum absolute atomic E-state index is 0.0228. The van der Waals surface area contributed by atoms with E-state index in [2.05, 4.69) is 17.2 Å². The SMILES string of the molecule is CC#Cc1cc(C)c(C2C(=O)CC(C3CCC(C(=O)NC)C3)CC2=O)c(C)c1. The minimum Gasteiger partial charge on any atom is -0.359 e. The first-order valence-corrected chi connectivity index (χ1v) is 10.2. The van der Waals surface area contributed by atoms with Crippen molar-refractivity contribution in [3.8, 4) is 11.8 Å². The zero-order valence-corrected chi connectivity index (χ0v) is 17.2. The van der Waals surface area contributed by atoms with Crippen molar-refractivity contribution in [3.05, 3.63) is 34.4 Å². The highest BCUT2D eigenvalue weighted by molar-refractivity contribution is 6.10. The summed E-state index contributed by atoms with van der Waals surface area (Å²) in [6, 6.07) is 3.94. The molecule has 2 atom stereocenters. The van der Waals surface area contributed by atoms with Gasteiger partial charge in [0, 0.05) is 31.4 Å². The normalized spacial score (nSPS) is 27.3. The molecule has 148 valence electrons. The molecule has 2 aliphatic rings. The number of hydrogen-bond donors (Lipinski definition) is 1. The molecule has 3 rings (SSSR count). The molecular formula is C24H29NO3. The van der Waals surface area contributed by atoms with Gasteiger partial charge in [-0.15, -0.1) is 5.92 Å². The number of benzene rings is 1. The van der Waals surface area contributed by atoms with Gasteiger partial charge < -0.3 is 5.32 Å². The second-order valence-corrected chi connectivity index (χ2v) is 8.32. The summed E-state index contributed by atoms with van der Waals surface area (Å²) in [5, 5.41) is 2.72. The van der Waals surface area contributed by atoms with Gasteiger partial charge in [0.1, 0.15) is 17.5 Å². The monoisotopic (exact) mass is 379 g/mol. The lowest BCUT2D eigenvalue weighted by molar-refractivity contribution is -0.134. The van der Waals surface area contributed by atoms with E-state index < -0.39 is 5.92 Å². The maximum Gasteiger partial charge on any atom is 0.222 e. The summed E-state index contributed by atoms with van der Waals surface area (Å²) in [5.74, 6) is 5.84. The molecule has 0 aromatic heterocycles. The fourth-order valence-electron chi connectivity index (χ4n) is 5.19. The lowest BCUT2D eigenvalue weighted by Crippen LogP contribution is -2.35. The third-order valence-electron chi connectivity index (χ3n) is 6.48. The average Bonchev–Trinajstić information content (AvgIpc) is 3.13. The van der Waals surface area contributed by atoms with Crippen molar-refractivity contribution in [2.75, 3.05) is 7.05 Å². The smallest absolute Gasteiger partial charge is 0.222 e. The Morgan fingerprint density at radius 1 is 1.04 bits per heavy atom. The molecule has 2 aliphatic carbocycles. The standard InChI is InChI=1S/C24H29NO3/c1-5-6-16-9-14(2)22(15(3)10-16)23-20(26)12-19(13-21(23)27)17-7-8-18(11-17)24(28)25-4/h9-10,17-19,23H,7-8,11-13H2,1-4H3,(H,25,28). The van der Waals surface area contributed by atoms with Crippen molar-refractivity contribution in [2.24, 2.45) is 17.8 Å². The van der Waals surface area contributed by atoms with Gasteiger partial charge in [0.25, 0.3) is 0 Å². The summed E-state index contributed by atoms with van der Waals surface area (Å²) in [5.41, 5.74) is 3.71. The van der Waals surface area contributed by atoms with Gasteiger partial charge in [0.2, 0.25) is 5.91 Å². The van der Waals surface area contributed by atoms with Crippen LogP contribution in [-0.2, 0) is 14.4 Å². The van der Waals surface area contributed by atoms with Crippen LogP contribution in [0.5, 0.6) is 0 Å². The van der Waals surface area contributed by atoms with Crippen molar-refractivity contribution < 1.29 is 14.4 Å². The van der Waals surface area contributed by atoms with Crippen LogP contribution in [-0.4, -0.2) is 24.5 Å². The molecule has 0 bridgehead atoms. The van der Waals surface area contributed by atoms with Crippen molar-refractivity contribution >= 4 is 17.5 Å². The molecule has 28 heavy (non-hydrogen) atoms. The first kappa shape index (κ1) is 20.3. The molecule has 4 heteroatoms. The number of ketones is 2. The van der Waals surface area contributed by atoms with Gasteiger partial charge in [-0.05, 0) is 80.7 Å². The zero-order chi connectivity index (χ0) is 20.4. The second-order valence-electron chi connectivity index (χ2n) is 8.32. The van der Waals surface area contributed by atoms with Crippen molar-refractivity contribution in [2.45, 2.75) is 58.8 Å². The number of nitrogens with one attached hydrogen (secondary N) is 1. The predicted octanol–water partition coefficient (Wildman–Crippen LogP) is 3.47. The Kier molecular flexibility index (Phi) is 6.03. The van der Waals surface area contributed by atoms with E-state index in [1.165, 1.54) is 0 Å². The Morgan fingerprint density at radius 2 is 1.64 bits per heavy atom. The summed E-state index contributed by atoms with van der Waals surface area (Å²) in [4.78, 5) is 38.0. The number of aryl methyl sites for hydroxylation is 2. The van der Waals surface area contributed by atoms with E-state index in [1.54, 1.807) is 14.0 Å². The van der Waals surface area contributed by atoms with Gasteiger partial charge >= 0.3 is 0 Å². The molecule has 1 aromatic carbocycles. The highest BCUT2D eigenvalue weighted by atomic mass is 16.2. The highest BCUT2D eigenvalue weighted by Crippen LogP contribution is 2.43. The van der Waals surface area contributed by atoms with Crippen LogP contribution in [0.3, 0.4) is 0 Å². The molecule has 0 aliphatic heterocycles. The summed E-state index contributed by atoms with van der Waals surface area (Å²) >= 11 is 0. The van der Waals surface area contributed by atoms with E-state index in [9.17, 15) is 14.4 Å². The zero-order valence-electron chi connectivity index (χ0n) is 17.2. The van der Waals surface area contributed by atoms with Gasteiger partial charge in [0.15, 0.2) is 0 Å². The van der Waals surface area contributed by atoms with E-state index in [1.807, 2.05) is 26.0 Å². The minimum atomic E-state index is -0.643. The number of rotatable bonds is 3. The largest absolute Gasteiger partial charge is 0.359 e. The van der Waals surface area contributed by atoms with E-state index in [4.69, 9.17) is 0 Å². The maximum absolute atomic E-state index is 13.0. The fourth-order valence-corrected chi connectivity index (χ4v) is 5.19. The Labute approximate surface area is 167 Å². The summed E-state index contributed by atoms with van der Waals surface area (Å²) in [6.07, 6.45) is 3.45. The first-order valence-electron chi connectivity index (χ1n) is 10.2. The topological polar surface area (TPSA) is 63.2 Å². The van der Waals surface area contributed by atoms with Crippen LogP contribution in [0.4, 0.5) is 0 Å². The summed E-state index contributed by atoms with van der Waals surface area (Å²) in [6.45, 7) is 5.71. The third kappa shape index (κ3) is 3.90. The molecule has 0 saturated heterocycles. The Morgan fingerprint density at radius 3 is 2.18 bits per heavy atom. The van der Waals surface area contributed by atoms with Gasteiger partial charge in [-0.3, -0.25) is 14.4 Å². The van der Waals surface area contributed by atoms with Crippen LogP contribution in [0.1, 0.15) is 67.2 Å². The number of carbonyl (C=O) groups excluding carboxylic acids is 3. The number of hydrogen-bond acceptors (Lipinski definition) is 3. The van der Waals surface area contributed by atoms with Crippen molar-refractivity contribution in [1.29, 1.82) is 0 Å². The summed E-state index contributed by atoms with van der Waals surface area (Å²) in [7, 11) is 1.66. The second kappa shape index (κ2) is 8.31. The lowest BCUT2D eigenvalue weighted by atomic mass is 9.70. The number of Topliss-reactive ketones (excluding diaryl/α,β-unsaturated/α-hetero) is 2. The van der Waals surface area contributed by atoms with Crippen LogP contribution >= 0.6 is 0 Å². The van der Waals surface area contributed by atoms with Gasteiger partial charge in [-0.1, -0.05) is 5.92 Å². The van der Waals surface area contributed by atoms with Crippen molar-refractivity contribution in [1.82, 2.24) is 5.32 Å². The molecular weight excluding hydrogens is 350 g/mol. The van der Waals surface area contributed by atoms with Crippen LogP contribution in [0.2, 0.25) is 0 Å². The molecule has 2 saturated carbocycles. The van der Waals surface area contributed by atoms with E-state index in [0.717, 1.165) is 41.5 Å². The van der Waals surface area contributed by atoms with Crippen LogP contribution in [0, 0.1) is 43.4 Å². The van der Waals surface area contributed by atoms with Gasteiger partial charge in [-0.2, -0.15) is 0 Å². The third-order valence-corrected chi connectivity index (χ3v) is 6.48. The van der Waals surface area contributed by atoms with Crippen LogP contribution in [0.15, 0.2) is 12.1 Å². The van der Waals surface area contributed by atoms with Gasteiger partial charge in [0.05, 0.1) is 0 Å². The molecule has 1 amide bonds. The molecule has 0 spiro atoms. The van der Waals surface area contributed by atoms with E-state index in [-0.39, 0.29) is 29.3 Å². The molecule has 1 aromatic rings. The lowest BCUT2D eigenvalue weighted by Gasteiger charge is -2.31. The fraction of sp³-hybridized carbons (Fsp3) is 0.542. The molecule has 2 unspecified atom stereocenters. The molecule has 0 radical (unpaired) electrons. The highest BCUT2D eigenvalue weighted by Gasteiger charge is 2.43. The summed E-state index contributed by atoms with van der Waals surface area (Å²) < 4.78 is 0.